The SMILES string of the molecule is COC(=O)[C@@H]1CN(C(=S)N[C@H]2CCCC[C@H]2C)CCS1. The van der Waals surface area contributed by atoms with E-state index in [1.165, 1.54) is 32.8 Å². The summed E-state index contributed by atoms with van der Waals surface area (Å²) in [7, 11) is 1.45. The van der Waals surface area contributed by atoms with Crippen molar-refractivity contribution in [2.75, 3.05) is 26.0 Å². The molecule has 2 aliphatic rings. The Labute approximate surface area is 131 Å². The van der Waals surface area contributed by atoms with Crippen LogP contribution < -0.4 is 5.32 Å². The third-order valence-electron chi connectivity index (χ3n) is 4.24. The maximum atomic E-state index is 11.6. The maximum absolute atomic E-state index is 11.6. The molecule has 1 heterocycles. The molecule has 0 aromatic heterocycles. The van der Waals surface area contributed by atoms with Crippen LogP contribution in [0.1, 0.15) is 32.6 Å². The predicted octanol–water partition coefficient (Wildman–Crippen LogP) is 2.03. The number of ether oxygens (including phenoxy) is 1. The Morgan fingerprint density at radius 1 is 1.40 bits per heavy atom. The fraction of sp³-hybridized carbons (Fsp3) is 0.857. The van der Waals surface area contributed by atoms with Gasteiger partial charge in [-0.25, -0.2) is 0 Å². The molecule has 0 bridgehead atoms. The highest BCUT2D eigenvalue weighted by Gasteiger charge is 2.30. The van der Waals surface area contributed by atoms with Gasteiger partial charge in [0.1, 0.15) is 5.25 Å². The molecule has 1 aliphatic heterocycles. The fourth-order valence-electron chi connectivity index (χ4n) is 2.89. The van der Waals surface area contributed by atoms with Crippen molar-refractivity contribution in [1.29, 1.82) is 0 Å². The summed E-state index contributed by atoms with van der Waals surface area (Å²) in [5, 5.41) is 4.20. The molecule has 0 aromatic carbocycles. The van der Waals surface area contributed by atoms with Crippen molar-refractivity contribution in [2.24, 2.45) is 5.92 Å². The molecule has 3 atom stereocenters. The second-order valence-electron chi connectivity index (χ2n) is 5.65. The van der Waals surface area contributed by atoms with Gasteiger partial charge in [-0.2, -0.15) is 0 Å². The Kier molecular flexibility index (Phi) is 5.96. The second-order valence-corrected chi connectivity index (χ2v) is 7.34. The molecule has 1 saturated carbocycles. The normalized spacial score (nSPS) is 30.7. The molecule has 6 heteroatoms. The van der Waals surface area contributed by atoms with E-state index in [1.54, 1.807) is 11.8 Å². The number of esters is 1. The number of carbonyl (C=O) groups excluding carboxylic acids is 1. The summed E-state index contributed by atoms with van der Waals surface area (Å²) in [4.78, 5) is 13.8. The van der Waals surface area contributed by atoms with Gasteiger partial charge in [0.25, 0.3) is 0 Å². The van der Waals surface area contributed by atoms with Crippen LogP contribution in [0.25, 0.3) is 0 Å². The van der Waals surface area contributed by atoms with E-state index in [0.717, 1.165) is 17.4 Å². The Bertz CT molecular complexity index is 365. The van der Waals surface area contributed by atoms with Gasteiger partial charge >= 0.3 is 5.97 Å². The molecule has 0 amide bonds. The molecule has 2 rings (SSSR count). The largest absolute Gasteiger partial charge is 0.468 e. The number of nitrogens with one attached hydrogen (secondary N) is 1. The number of hydrogen-bond acceptors (Lipinski definition) is 4. The van der Waals surface area contributed by atoms with Crippen molar-refractivity contribution in [3.8, 4) is 0 Å². The number of thiocarbonyl (C=S) groups is 1. The van der Waals surface area contributed by atoms with E-state index in [-0.39, 0.29) is 11.2 Å². The number of nitrogens with zero attached hydrogens (tertiary/aromatic N) is 1. The van der Waals surface area contributed by atoms with Crippen molar-refractivity contribution >= 4 is 35.1 Å². The molecule has 20 heavy (non-hydrogen) atoms. The summed E-state index contributed by atoms with van der Waals surface area (Å²) >= 11 is 7.20. The molecule has 0 unspecified atom stereocenters. The highest BCUT2D eigenvalue weighted by atomic mass is 32.2. The minimum absolute atomic E-state index is 0.114. The van der Waals surface area contributed by atoms with Crippen LogP contribution in [0.15, 0.2) is 0 Å². The van der Waals surface area contributed by atoms with E-state index in [9.17, 15) is 4.79 Å². The van der Waals surface area contributed by atoms with Crippen molar-refractivity contribution in [2.45, 2.75) is 43.9 Å². The van der Waals surface area contributed by atoms with Gasteiger partial charge in [-0.3, -0.25) is 4.79 Å². The third kappa shape index (κ3) is 4.01. The Morgan fingerprint density at radius 3 is 2.85 bits per heavy atom. The molecule has 1 saturated heterocycles. The van der Waals surface area contributed by atoms with Crippen molar-refractivity contribution in [1.82, 2.24) is 10.2 Å². The van der Waals surface area contributed by atoms with Crippen LogP contribution in [0.4, 0.5) is 0 Å². The Hall–Kier alpha value is -0.490. The zero-order chi connectivity index (χ0) is 14.5. The van der Waals surface area contributed by atoms with Crippen molar-refractivity contribution < 1.29 is 9.53 Å². The highest BCUT2D eigenvalue weighted by Crippen LogP contribution is 2.25. The monoisotopic (exact) mass is 316 g/mol. The summed E-state index contributed by atoms with van der Waals surface area (Å²) in [6, 6.07) is 0.488. The van der Waals surface area contributed by atoms with Gasteiger partial charge in [-0.05, 0) is 31.0 Å². The van der Waals surface area contributed by atoms with E-state index in [4.69, 9.17) is 17.0 Å². The van der Waals surface area contributed by atoms with E-state index >= 15 is 0 Å². The molecule has 0 aromatic rings. The molecule has 114 valence electrons. The average molecular weight is 316 g/mol. The van der Waals surface area contributed by atoms with Gasteiger partial charge in [-0.1, -0.05) is 19.8 Å². The zero-order valence-corrected chi connectivity index (χ0v) is 13.9. The lowest BCUT2D eigenvalue weighted by Gasteiger charge is -2.37. The summed E-state index contributed by atoms with van der Waals surface area (Å²) in [6.07, 6.45) is 5.09. The lowest BCUT2D eigenvalue weighted by Crippen LogP contribution is -2.52. The average Bonchev–Trinajstić information content (AvgIpc) is 2.49. The molecule has 0 radical (unpaired) electrons. The summed E-state index contributed by atoms with van der Waals surface area (Å²) < 4.78 is 4.83. The van der Waals surface area contributed by atoms with Gasteiger partial charge in [0, 0.05) is 24.9 Å². The first-order valence-corrected chi connectivity index (χ1v) is 8.82. The Balaban J connectivity index is 1.86. The van der Waals surface area contributed by atoms with E-state index in [1.807, 2.05) is 0 Å². The van der Waals surface area contributed by atoms with Crippen LogP contribution >= 0.6 is 24.0 Å². The molecule has 0 spiro atoms. The summed E-state index contributed by atoms with van der Waals surface area (Å²) in [5.74, 6) is 1.45. The van der Waals surface area contributed by atoms with Gasteiger partial charge < -0.3 is 15.0 Å². The van der Waals surface area contributed by atoms with E-state index < -0.39 is 0 Å². The lowest BCUT2D eigenvalue weighted by molar-refractivity contribution is -0.140. The lowest BCUT2D eigenvalue weighted by atomic mass is 9.86. The summed E-state index contributed by atoms with van der Waals surface area (Å²) in [5.41, 5.74) is 0. The standard InChI is InChI=1S/C14H24N2O2S2/c1-10-5-3-4-6-11(10)15-14(19)16-7-8-20-12(9-16)13(17)18-2/h10-12H,3-9H2,1-2H3,(H,15,19)/t10-,11+,12+/m1/s1. The fourth-order valence-corrected chi connectivity index (χ4v) is 4.33. The van der Waals surface area contributed by atoms with Crippen LogP contribution in [0, 0.1) is 5.92 Å². The quantitative estimate of drug-likeness (QED) is 0.621. The van der Waals surface area contributed by atoms with Crippen LogP contribution in [0.3, 0.4) is 0 Å². The minimum Gasteiger partial charge on any atom is -0.468 e. The number of thioether (sulfide) groups is 1. The minimum atomic E-state index is -0.145. The second kappa shape index (κ2) is 7.50. The highest BCUT2D eigenvalue weighted by molar-refractivity contribution is 8.00. The van der Waals surface area contributed by atoms with E-state index in [0.29, 0.717) is 18.5 Å². The number of carbonyl (C=O) groups is 1. The molecule has 1 N–H and O–H groups in total. The number of methoxy groups -OCH3 is 1. The predicted molar refractivity (Wildman–Crippen MR) is 87.0 cm³/mol. The van der Waals surface area contributed by atoms with Crippen LogP contribution in [-0.2, 0) is 9.53 Å². The Morgan fingerprint density at radius 2 is 2.15 bits per heavy atom. The smallest absolute Gasteiger partial charge is 0.320 e. The van der Waals surface area contributed by atoms with Gasteiger partial charge in [0.05, 0.1) is 7.11 Å². The molecular formula is C14H24N2O2S2. The zero-order valence-electron chi connectivity index (χ0n) is 12.3. The van der Waals surface area contributed by atoms with Crippen LogP contribution in [0.2, 0.25) is 0 Å². The maximum Gasteiger partial charge on any atom is 0.320 e. The number of hydrogen-bond donors (Lipinski definition) is 1. The number of rotatable bonds is 2. The van der Waals surface area contributed by atoms with Gasteiger partial charge in [0.2, 0.25) is 0 Å². The first kappa shape index (κ1) is 15.9. The first-order chi connectivity index (χ1) is 9.61. The molecular weight excluding hydrogens is 292 g/mol. The molecule has 4 nitrogen and oxygen atoms in total. The van der Waals surface area contributed by atoms with Crippen LogP contribution in [-0.4, -0.2) is 53.2 Å². The first-order valence-electron chi connectivity index (χ1n) is 7.36. The molecule has 2 fully saturated rings. The third-order valence-corrected chi connectivity index (χ3v) is 5.78. The summed E-state index contributed by atoms with van der Waals surface area (Å²) in [6.45, 7) is 3.86. The van der Waals surface area contributed by atoms with E-state index in [2.05, 4.69) is 17.1 Å². The van der Waals surface area contributed by atoms with Crippen molar-refractivity contribution in [3.63, 3.8) is 0 Å². The van der Waals surface area contributed by atoms with Crippen LogP contribution in [0.5, 0.6) is 0 Å². The van der Waals surface area contributed by atoms with Gasteiger partial charge in [-0.15, -0.1) is 11.8 Å². The topological polar surface area (TPSA) is 41.6 Å². The molecule has 1 aliphatic carbocycles. The van der Waals surface area contributed by atoms with Gasteiger partial charge in [0.15, 0.2) is 5.11 Å². The van der Waals surface area contributed by atoms with Crippen molar-refractivity contribution in [3.05, 3.63) is 0 Å².